The van der Waals surface area contributed by atoms with Gasteiger partial charge >= 0.3 is 0 Å². The largest absolute Gasteiger partial charge is 0.387 e. The van der Waals surface area contributed by atoms with Crippen LogP contribution in [0.4, 0.5) is 11.4 Å². The number of rotatable bonds is 8. The molecule has 4 heterocycles. The van der Waals surface area contributed by atoms with Crippen LogP contribution in [0.25, 0.3) is 0 Å². The van der Waals surface area contributed by atoms with Gasteiger partial charge in [-0.15, -0.1) is 0 Å². The molecule has 7 rings (SSSR count). The van der Waals surface area contributed by atoms with E-state index in [4.69, 9.17) is 10.5 Å². The normalized spacial score (nSPS) is 42.0. The maximum Gasteiger partial charge on any atom is 0.142 e. The molecule has 5 fully saturated rings. The lowest BCUT2D eigenvalue weighted by molar-refractivity contribution is -0.108. The van der Waals surface area contributed by atoms with E-state index in [0.717, 1.165) is 12.3 Å². The van der Waals surface area contributed by atoms with Gasteiger partial charge in [-0.2, -0.15) is 0 Å². The fourth-order valence-corrected chi connectivity index (χ4v) is 7.85. The summed E-state index contributed by atoms with van der Waals surface area (Å²) in [5, 5.41) is 39.1. The van der Waals surface area contributed by atoms with Crippen molar-refractivity contribution >= 4 is 11.4 Å². The van der Waals surface area contributed by atoms with E-state index in [0.29, 0.717) is 37.5 Å². The molecule has 3 saturated heterocycles. The Morgan fingerprint density at radius 1 is 1.07 bits per heavy atom. The van der Waals surface area contributed by atoms with E-state index in [2.05, 4.69) is 68.6 Å². The zero-order valence-electron chi connectivity index (χ0n) is 23.9. The minimum Gasteiger partial charge on any atom is -0.387 e. The first kappa shape index (κ1) is 27.3. The van der Waals surface area contributed by atoms with Crippen LogP contribution in [0.15, 0.2) is 18.2 Å². The maximum atomic E-state index is 10.9. The van der Waals surface area contributed by atoms with Crippen molar-refractivity contribution in [2.45, 2.75) is 112 Å². The first-order valence-corrected chi connectivity index (χ1v) is 15.4. The number of benzene rings is 1. The molecule has 2 aliphatic carbocycles. The number of hydrogen-bond acceptors (Lipinski definition) is 11. The van der Waals surface area contributed by atoms with E-state index >= 15 is 0 Å². The summed E-state index contributed by atoms with van der Waals surface area (Å²) in [6.07, 6.45) is 5.84. The molecular formula is C29H48N8O3. The predicted octanol–water partition coefficient (Wildman–Crippen LogP) is 0.222. The summed E-state index contributed by atoms with van der Waals surface area (Å²) in [6.45, 7) is 4.15. The van der Waals surface area contributed by atoms with Gasteiger partial charge in [-0.1, -0.05) is 19.4 Å². The van der Waals surface area contributed by atoms with E-state index in [9.17, 15) is 10.2 Å². The Balaban J connectivity index is 0.854. The van der Waals surface area contributed by atoms with Crippen molar-refractivity contribution < 1.29 is 14.9 Å². The van der Waals surface area contributed by atoms with Gasteiger partial charge in [0.15, 0.2) is 0 Å². The van der Waals surface area contributed by atoms with Gasteiger partial charge in [0.25, 0.3) is 0 Å². The number of aliphatic hydroxyl groups excluding tert-OH is 2. The topological polar surface area (TPSA) is 142 Å². The lowest BCUT2D eigenvalue weighted by Crippen LogP contribution is -2.68. The van der Waals surface area contributed by atoms with Crippen LogP contribution in [-0.4, -0.2) is 102 Å². The number of fused-ring (bicyclic) bond motifs is 2. The smallest absolute Gasteiger partial charge is 0.142 e. The molecule has 8 atom stereocenters. The molecule has 40 heavy (non-hydrogen) atoms. The van der Waals surface area contributed by atoms with Crippen LogP contribution in [0.5, 0.6) is 0 Å². The summed E-state index contributed by atoms with van der Waals surface area (Å²) < 4.78 is 6.28. The van der Waals surface area contributed by atoms with E-state index in [1.54, 1.807) is 0 Å². The second-order valence-electron chi connectivity index (χ2n) is 13.5. The highest BCUT2D eigenvalue weighted by Gasteiger charge is 2.52. The van der Waals surface area contributed by atoms with Gasteiger partial charge in [0.1, 0.15) is 24.5 Å². The molecule has 1 aromatic rings. The van der Waals surface area contributed by atoms with Crippen LogP contribution in [0, 0.1) is 5.92 Å². The van der Waals surface area contributed by atoms with Crippen LogP contribution >= 0.6 is 0 Å². The van der Waals surface area contributed by atoms with Crippen molar-refractivity contribution in [3.8, 4) is 0 Å². The number of aliphatic hydroxyl groups is 2. The van der Waals surface area contributed by atoms with Crippen LogP contribution in [0.3, 0.4) is 0 Å². The lowest BCUT2D eigenvalue weighted by Gasteiger charge is -2.42. The first-order chi connectivity index (χ1) is 19.3. The summed E-state index contributed by atoms with van der Waals surface area (Å²) in [5.41, 5.74) is 10.5. The highest BCUT2D eigenvalue weighted by Crippen LogP contribution is 2.46. The van der Waals surface area contributed by atoms with Gasteiger partial charge in [0.2, 0.25) is 0 Å². The monoisotopic (exact) mass is 556 g/mol. The van der Waals surface area contributed by atoms with E-state index < -0.39 is 24.5 Å². The molecule has 2 saturated carbocycles. The lowest BCUT2D eigenvalue weighted by atomic mass is 9.66. The summed E-state index contributed by atoms with van der Waals surface area (Å²) in [7, 11) is 2.12. The van der Waals surface area contributed by atoms with Crippen molar-refractivity contribution in [2.24, 2.45) is 11.7 Å². The van der Waals surface area contributed by atoms with E-state index in [-0.39, 0.29) is 18.4 Å². The number of ether oxygens (including phenoxy) is 1. The fraction of sp³-hybridized carbons (Fsp3) is 0.793. The zero-order chi connectivity index (χ0) is 27.6. The van der Waals surface area contributed by atoms with Gasteiger partial charge in [0, 0.05) is 19.3 Å². The van der Waals surface area contributed by atoms with Gasteiger partial charge in [-0.05, 0) is 74.6 Å². The Morgan fingerprint density at radius 2 is 1.88 bits per heavy atom. The third-order valence-corrected chi connectivity index (χ3v) is 10.9. The average Bonchev–Trinajstić information content (AvgIpc) is 3.58. The molecule has 11 nitrogen and oxygen atoms in total. The molecule has 0 bridgehead atoms. The third-order valence-electron chi connectivity index (χ3n) is 10.9. The Labute approximate surface area is 237 Å². The molecule has 9 N–H and O–H groups in total. The molecule has 0 aromatic heterocycles. The molecule has 0 spiro atoms. The average molecular weight is 557 g/mol. The van der Waals surface area contributed by atoms with Crippen LogP contribution in [0.1, 0.15) is 57.4 Å². The summed E-state index contributed by atoms with van der Waals surface area (Å²) >= 11 is 0. The highest BCUT2D eigenvalue weighted by molar-refractivity contribution is 5.75. The number of likely N-dealkylation sites (N-methyl/N-ethyl adjacent to an activating group) is 1. The van der Waals surface area contributed by atoms with Crippen LogP contribution < -0.4 is 32.3 Å². The molecule has 6 aliphatic rings. The summed E-state index contributed by atoms with van der Waals surface area (Å²) in [6, 6.07) is 7.45. The molecule has 11 heteroatoms. The molecular weight excluding hydrogens is 508 g/mol. The fourth-order valence-electron chi connectivity index (χ4n) is 7.85. The Hall–Kier alpha value is -1.54. The Kier molecular flexibility index (Phi) is 7.25. The minimum absolute atomic E-state index is 0.0207. The number of nitrogens with zero attached hydrogens (tertiary/aromatic N) is 2. The molecule has 222 valence electrons. The molecule has 1 aromatic carbocycles. The Morgan fingerprint density at radius 3 is 2.65 bits per heavy atom. The van der Waals surface area contributed by atoms with Gasteiger partial charge in [-0.3, -0.25) is 16.0 Å². The molecule has 4 aliphatic heterocycles. The SMILES string of the molecule is CN(C[C@H]1O[C@@H](N2CNC3C(N)NCNC32)[C@H](O)[C@@H]1O)[C@H]1C[C@@H](CCC2Nc3ccc(C4(C)CCC4)cc3N2)C1. The molecule has 0 amide bonds. The zero-order valence-corrected chi connectivity index (χ0v) is 23.9. The van der Waals surface area contributed by atoms with E-state index in [1.807, 2.05) is 0 Å². The van der Waals surface area contributed by atoms with Gasteiger partial charge in [0.05, 0.1) is 42.6 Å². The van der Waals surface area contributed by atoms with Crippen molar-refractivity contribution in [3.05, 3.63) is 23.8 Å². The maximum absolute atomic E-state index is 10.9. The van der Waals surface area contributed by atoms with Gasteiger partial charge in [-0.25, -0.2) is 4.90 Å². The highest BCUT2D eigenvalue weighted by atomic mass is 16.6. The van der Waals surface area contributed by atoms with Crippen LogP contribution in [0.2, 0.25) is 0 Å². The van der Waals surface area contributed by atoms with Crippen molar-refractivity contribution in [3.63, 3.8) is 0 Å². The summed E-state index contributed by atoms with van der Waals surface area (Å²) in [4.78, 5) is 4.37. The number of hydrogen-bond donors (Lipinski definition) is 8. The third kappa shape index (κ3) is 4.83. The molecule has 4 unspecified atom stereocenters. The predicted molar refractivity (Wildman–Crippen MR) is 154 cm³/mol. The quantitative estimate of drug-likeness (QED) is 0.223. The van der Waals surface area contributed by atoms with Gasteiger partial charge < -0.3 is 36.2 Å². The number of nitrogens with two attached hydrogens (primary N) is 1. The number of anilines is 2. The first-order valence-electron chi connectivity index (χ1n) is 15.4. The van der Waals surface area contributed by atoms with E-state index in [1.165, 1.54) is 55.5 Å². The minimum atomic E-state index is -0.954. The second-order valence-corrected chi connectivity index (χ2v) is 13.5. The summed E-state index contributed by atoms with van der Waals surface area (Å²) in [5.74, 6) is 0.722. The van der Waals surface area contributed by atoms with Crippen molar-refractivity contribution in [1.29, 1.82) is 0 Å². The van der Waals surface area contributed by atoms with Crippen LogP contribution in [-0.2, 0) is 10.2 Å². The number of nitrogens with one attached hydrogen (secondary N) is 5. The second kappa shape index (κ2) is 10.6. The Bertz CT molecular complexity index is 1070. The van der Waals surface area contributed by atoms with Crippen molar-refractivity contribution in [2.75, 3.05) is 37.6 Å². The standard InChI is InChI=1S/C29H48N8O3/c1-29(8-3-9-29)17-5-6-19-20(12-17)35-22(34-19)7-4-16-10-18(11-16)36(2)13-21-24(38)25(39)28(40-21)37-15-33-23-26(30)31-14-32-27(23)37/h5-6,12,16,18,21-28,31-35,38-39H,3-4,7-11,13-15,30H2,1-2H3/t16-,18+,21-,22?,23?,24-,25-,26?,27?,28-/m1/s1. The molecule has 0 radical (unpaired) electrons. The van der Waals surface area contributed by atoms with Crippen molar-refractivity contribution in [1.82, 2.24) is 25.8 Å².